The molecule has 0 fully saturated rings. The van der Waals surface area contributed by atoms with Crippen LogP contribution >= 0.6 is 0 Å². The summed E-state index contributed by atoms with van der Waals surface area (Å²) in [5.74, 6) is 0.903. The molecule has 0 N–H and O–H groups in total. The van der Waals surface area contributed by atoms with Crippen LogP contribution in [-0.2, 0) is 4.79 Å². The number of fused-ring (bicyclic) bond motifs is 1. The van der Waals surface area contributed by atoms with Gasteiger partial charge in [0.05, 0.1) is 0 Å². The van der Waals surface area contributed by atoms with E-state index in [1.807, 2.05) is 36.4 Å². The van der Waals surface area contributed by atoms with Gasteiger partial charge in [-0.05, 0) is 36.3 Å². The van der Waals surface area contributed by atoms with Crippen LogP contribution in [0, 0.1) is 0 Å². The summed E-state index contributed by atoms with van der Waals surface area (Å²) in [6, 6.07) is 16.2. The number of carbonyl (C=O) groups is 1. The third-order valence-electron chi connectivity index (χ3n) is 3.28. The lowest BCUT2D eigenvalue weighted by Crippen LogP contribution is -2.12. The minimum atomic E-state index is 0.0655. The fourth-order valence-corrected chi connectivity index (χ4v) is 2.19. The van der Waals surface area contributed by atoms with E-state index >= 15 is 0 Å². The van der Waals surface area contributed by atoms with Gasteiger partial charge in [-0.15, -0.1) is 0 Å². The van der Waals surface area contributed by atoms with Gasteiger partial charge in [0.15, 0.2) is 5.78 Å². The van der Waals surface area contributed by atoms with E-state index in [0.29, 0.717) is 6.61 Å². The van der Waals surface area contributed by atoms with Gasteiger partial charge < -0.3 is 4.74 Å². The fourth-order valence-electron chi connectivity index (χ4n) is 2.19. The van der Waals surface area contributed by atoms with E-state index in [-0.39, 0.29) is 5.78 Å². The van der Waals surface area contributed by atoms with E-state index in [4.69, 9.17) is 4.74 Å². The van der Waals surface area contributed by atoms with Crippen molar-refractivity contribution >= 4 is 11.9 Å². The Bertz CT molecular complexity index is 654. The number of ether oxygens (including phenoxy) is 1. The third kappa shape index (κ3) is 2.29. The van der Waals surface area contributed by atoms with Crippen LogP contribution in [0.2, 0.25) is 0 Å². The van der Waals surface area contributed by atoms with Gasteiger partial charge in [0.1, 0.15) is 12.4 Å². The molecule has 0 radical (unpaired) electrons. The molecule has 1 aliphatic heterocycles. The number of hydrogen-bond donors (Lipinski definition) is 0. The lowest BCUT2D eigenvalue weighted by atomic mass is 9.99. The largest absolute Gasteiger partial charge is 0.488 e. The van der Waals surface area contributed by atoms with Gasteiger partial charge in [-0.25, -0.2) is 0 Å². The van der Waals surface area contributed by atoms with Crippen LogP contribution in [0.25, 0.3) is 17.2 Å². The van der Waals surface area contributed by atoms with E-state index in [1.54, 1.807) is 6.92 Å². The van der Waals surface area contributed by atoms with Gasteiger partial charge in [0, 0.05) is 11.1 Å². The summed E-state index contributed by atoms with van der Waals surface area (Å²) in [5, 5.41) is 0. The third-order valence-corrected chi connectivity index (χ3v) is 3.28. The van der Waals surface area contributed by atoms with Crippen molar-refractivity contribution in [2.24, 2.45) is 0 Å². The fraction of sp³-hybridized carbons (Fsp3) is 0.118. The predicted molar refractivity (Wildman–Crippen MR) is 76.0 cm³/mol. The summed E-state index contributed by atoms with van der Waals surface area (Å²) in [6.45, 7) is 1.94. The number of benzene rings is 2. The van der Waals surface area contributed by atoms with Crippen molar-refractivity contribution in [3.8, 4) is 16.9 Å². The first-order chi connectivity index (χ1) is 9.24. The smallest absolute Gasteiger partial charge is 0.159 e. The molecule has 0 aliphatic carbocycles. The van der Waals surface area contributed by atoms with Crippen molar-refractivity contribution in [3.05, 3.63) is 59.7 Å². The van der Waals surface area contributed by atoms with Crippen LogP contribution in [0.5, 0.6) is 5.75 Å². The Hall–Kier alpha value is -2.35. The molecule has 0 spiro atoms. The maximum absolute atomic E-state index is 11.4. The standard InChI is InChI=1S/C17H14O2/c1-12(18)16-10-15-9-14(7-8-17(15)19-11-16)13-5-3-2-4-6-13/h2-10H,11H2,1H3. The van der Waals surface area contributed by atoms with E-state index < -0.39 is 0 Å². The minimum Gasteiger partial charge on any atom is -0.488 e. The predicted octanol–water partition coefficient (Wildman–Crippen LogP) is 3.72. The van der Waals surface area contributed by atoms with Crippen molar-refractivity contribution in [1.29, 1.82) is 0 Å². The van der Waals surface area contributed by atoms with Crippen LogP contribution in [0.3, 0.4) is 0 Å². The number of Topliss-reactive ketones (excluding diaryl/α,β-unsaturated/α-hetero) is 1. The summed E-state index contributed by atoms with van der Waals surface area (Å²) in [4.78, 5) is 11.4. The van der Waals surface area contributed by atoms with Crippen molar-refractivity contribution < 1.29 is 9.53 Å². The highest BCUT2D eigenvalue weighted by molar-refractivity contribution is 5.99. The topological polar surface area (TPSA) is 26.3 Å². The second-order valence-electron chi connectivity index (χ2n) is 4.63. The minimum absolute atomic E-state index is 0.0655. The van der Waals surface area contributed by atoms with E-state index in [2.05, 4.69) is 18.2 Å². The quantitative estimate of drug-likeness (QED) is 0.812. The Morgan fingerprint density at radius 3 is 2.58 bits per heavy atom. The van der Waals surface area contributed by atoms with E-state index in [1.165, 1.54) is 0 Å². The Morgan fingerprint density at radius 2 is 1.84 bits per heavy atom. The zero-order valence-electron chi connectivity index (χ0n) is 10.7. The summed E-state index contributed by atoms with van der Waals surface area (Å²) < 4.78 is 5.60. The van der Waals surface area contributed by atoms with Gasteiger partial charge >= 0.3 is 0 Å². The summed E-state index contributed by atoms with van der Waals surface area (Å²) >= 11 is 0. The number of rotatable bonds is 2. The molecule has 2 aromatic carbocycles. The molecule has 0 amide bonds. The van der Waals surface area contributed by atoms with E-state index in [9.17, 15) is 4.79 Å². The van der Waals surface area contributed by atoms with Crippen LogP contribution < -0.4 is 4.74 Å². The van der Waals surface area contributed by atoms with Gasteiger partial charge in [-0.2, -0.15) is 0 Å². The van der Waals surface area contributed by atoms with Crippen LogP contribution in [0.1, 0.15) is 12.5 Å². The molecule has 19 heavy (non-hydrogen) atoms. The summed E-state index contributed by atoms with van der Waals surface area (Å²) in [6.07, 6.45) is 1.92. The molecule has 2 aromatic rings. The Morgan fingerprint density at radius 1 is 1.05 bits per heavy atom. The number of ketones is 1. The van der Waals surface area contributed by atoms with E-state index in [0.717, 1.165) is 28.0 Å². The lowest BCUT2D eigenvalue weighted by Gasteiger charge is -2.17. The molecular weight excluding hydrogens is 236 g/mol. The maximum atomic E-state index is 11.4. The molecule has 0 aromatic heterocycles. The first-order valence-electron chi connectivity index (χ1n) is 6.28. The number of carbonyl (C=O) groups excluding carboxylic acids is 1. The molecular formula is C17H14O2. The zero-order chi connectivity index (χ0) is 13.2. The zero-order valence-corrected chi connectivity index (χ0v) is 10.7. The maximum Gasteiger partial charge on any atom is 0.159 e. The molecule has 2 heteroatoms. The molecule has 0 atom stereocenters. The molecule has 2 nitrogen and oxygen atoms in total. The highest BCUT2D eigenvalue weighted by Gasteiger charge is 2.14. The SMILES string of the molecule is CC(=O)C1=Cc2cc(-c3ccccc3)ccc2OC1. The molecule has 94 valence electrons. The van der Waals surface area contributed by atoms with Crippen LogP contribution in [-0.4, -0.2) is 12.4 Å². The van der Waals surface area contributed by atoms with Gasteiger partial charge in [-0.3, -0.25) is 4.79 Å². The Kier molecular flexibility index (Phi) is 2.92. The average molecular weight is 250 g/mol. The molecule has 0 saturated carbocycles. The lowest BCUT2D eigenvalue weighted by molar-refractivity contribution is -0.113. The molecule has 0 saturated heterocycles. The highest BCUT2D eigenvalue weighted by Crippen LogP contribution is 2.31. The number of hydrogen-bond acceptors (Lipinski definition) is 2. The molecule has 0 bridgehead atoms. The average Bonchev–Trinajstić information content (AvgIpc) is 2.47. The second-order valence-corrected chi connectivity index (χ2v) is 4.63. The second kappa shape index (κ2) is 4.73. The summed E-state index contributed by atoms with van der Waals surface area (Å²) in [5.41, 5.74) is 3.98. The molecule has 0 unspecified atom stereocenters. The monoisotopic (exact) mass is 250 g/mol. The van der Waals surface area contributed by atoms with Crippen LogP contribution in [0.4, 0.5) is 0 Å². The van der Waals surface area contributed by atoms with Crippen molar-refractivity contribution in [2.45, 2.75) is 6.92 Å². The highest BCUT2D eigenvalue weighted by atomic mass is 16.5. The molecule has 1 aliphatic rings. The van der Waals surface area contributed by atoms with Crippen molar-refractivity contribution in [2.75, 3.05) is 6.61 Å². The Balaban J connectivity index is 2.05. The van der Waals surface area contributed by atoms with Gasteiger partial charge in [0.25, 0.3) is 0 Å². The van der Waals surface area contributed by atoms with Gasteiger partial charge in [0.2, 0.25) is 0 Å². The molecule has 3 rings (SSSR count). The van der Waals surface area contributed by atoms with Gasteiger partial charge in [-0.1, -0.05) is 36.4 Å². The summed E-state index contributed by atoms with van der Waals surface area (Å²) in [7, 11) is 0. The van der Waals surface area contributed by atoms with Crippen molar-refractivity contribution in [3.63, 3.8) is 0 Å². The first kappa shape index (κ1) is 11.7. The van der Waals surface area contributed by atoms with Crippen LogP contribution in [0.15, 0.2) is 54.1 Å². The molecule has 1 heterocycles. The normalized spacial score (nSPS) is 13.2. The first-order valence-corrected chi connectivity index (χ1v) is 6.28. The Labute approximate surface area is 112 Å². The van der Waals surface area contributed by atoms with Crippen molar-refractivity contribution in [1.82, 2.24) is 0 Å².